The van der Waals surface area contributed by atoms with Crippen molar-refractivity contribution < 1.29 is 8.91 Å². The topological polar surface area (TPSA) is 52.0 Å². The first-order chi connectivity index (χ1) is 7.09. The third kappa shape index (κ3) is 1.68. The maximum absolute atomic E-state index is 13.0. The van der Waals surface area contributed by atoms with E-state index in [0.717, 1.165) is 5.56 Å². The minimum absolute atomic E-state index is 0.107. The molecular formula is C10H8ClFN2O. The third-order valence-electron chi connectivity index (χ3n) is 2.10. The number of nitrogens with two attached hydrogens (primary N) is 1. The minimum Gasteiger partial charge on any atom is -0.380 e. The normalized spacial score (nSPS) is 10.6. The van der Waals surface area contributed by atoms with Crippen molar-refractivity contribution in [2.24, 2.45) is 0 Å². The Labute approximate surface area is 90.6 Å². The number of anilines is 1. The molecule has 0 atom stereocenters. The van der Waals surface area contributed by atoms with E-state index in [0.29, 0.717) is 11.3 Å². The molecule has 2 aromatic rings. The first-order valence-corrected chi connectivity index (χ1v) is 4.64. The summed E-state index contributed by atoms with van der Waals surface area (Å²) >= 11 is 5.86. The Morgan fingerprint density at radius 3 is 2.80 bits per heavy atom. The van der Waals surface area contributed by atoms with Crippen molar-refractivity contribution in [1.29, 1.82) is 0 Å². The van der Waals surface area contributed by atoms with Crippen molar-refractivity contribution in [3.8, 4) is 11.3 Å². The average Bonchev–Trinajstić information content (AvgIpc) is 2.52. The zero-order valence-corrected chi connectivity index (χ0v) is 8.68. The number of rotatable bonds is 1. The molecule has 0 saturated heterocycles. The van der Waals surface area contributed by atoms with Gasteiger partial charge in [0, 0.05) is 5.56 Å². The number of nitrogens with zero attached hydrogens (tertiary/aromatic N) is 1. The van der Waals surface area contributed by atoms with Gasteiger partial charge < -0.3 is 10.3 Å². The monoisotopic (exact) mass is 226 g/mol. The van der Waals surface area contributed by atoms with E-state index >= 15 is 0 Å². The van der Waals surface area contributed by atoms with Crippen molar-refractivity contribution >= 4 is 17.4 Å². The number of nitrogen functional groups attached to an aromatic ring is 1. The van der Waals surface area contributed by atoms with Crippen molar-refractivity contribution in [3.05, 3.63) is 34.6 Å². The second-order valence-corrected chi connectivity index (χ2v) is 3.55. The molecule has 2 N–H and O–H groups in total. The number of aryl methyl sites for hydroxylation is 1. The van der Waals surface area contributed by atoms with Crippen LogP contribution in [0.15, 0.2) is 22.7 Å². The van der Waals surface area contributed by atoms with Crippen LogP contribution in [-0.2, 0) is 0 Å². The van der Waals surface area contributed by atoms with Crippen LogP contribution in [0.1, 0.15) is 5.56 Å². The first-order valence-electron chi connectivity index (χ1n) is 4.26. The largest absolute Gasteiger partial charge is 0.380 e. The summed E-state index contributed by atoms with van der Waals surface area (Å²) in [6, 6.07) is 4.34. The van der Waals surface area contributed by atoms with E-state index in [1.54, 1.807) is 6.07 Å². The van der Waals surface area contributed by atoms with Gasteiger partial charge in [0.05, 0.1) is 0 Å². The molecule has 15 heavy (non-hydrogen) atoms. The first kappa shape index (κ1) is 9.98. The molecule has 0 unspecified atom stereocenters. The standard InChI is InChI=1S/C10H8ClFN2O/c1-5-2-3-6(12)4-7(5)9-8(11)10(13)14-15-9/h2-4H,1H3,(H2,13,14). The van der Waals surface area contributed by atoms with Crippen LogP contribution in [0.4, 0.5) is 10.2 Å². The summed E-state index contributed by atoms with van der Waals surface area (Å²) in [5.41, 5.74) is 6.84. The lowest BCUT2D eigenvalue weighted by Crippen LogP contribution is -1.85. The molecule has 78 valence electrons. The molecule has 0 radical (unpaired) electrons. The fraction of sp³-hybridized carbons (Fsp3) is 0.100. The highest BCUT2D eigenvalue weighted by Crippen LogP contribution is 2.34. The van der Waals surface area contributed by atoms with E-state index < -0.39 is 0 Å². The SMILES string of the molecule is Cc1ccc(F)cc1-c1onc(N)c1Cl. The van der Waals surface area contributed by atoms with Crippen LogP contribution in [0.3, 0.4) is 0 Å². The molecule has 0 saturated carbocycles. The number of aromatic nitrogens is 1. The third-order valence-corrected chi connectivity index (χ3v) is 2.47. The lowest BCUT2D eigenvalue weighted by Gasteiger charge is -2.01. The van der Waals surface area contributed by atoms with Crippen LogP contribution in [0.2, 0.25) is 5.02 Å². The highest BCUT2D eigenvalue weighted by atomic mass is 35.5. The molecule has 1 aromatic carbocycles. The molecule has 0 aliphatic heterocycles. The fourth-order valence-electron chi connectivity index (χ4n) is 1.30. The van der Waals surface area contributed by atoms with Gasteiger partial charge in [-0.15, -0.1) is 0 Å². The molecule has 5 heteroatoms. The van der Waals surface area contributed by atoms with Crippen LogP contribution >= 0.6 is 11.6 Å². The molecule has 0 amide bonds. The summed E-state index contributed by atoms with van der Waals surface area (Å²) in [5, 5.41) is 3.72. The predicted octanol–water partition coefficient (Wildman–Crippen LogP) is 3.02. The second kappa shape index (κ2) is 3.55. The second-order valence-electron chi connectivity index (χ2n) is 3.17. The number of halogens is 2. The Morgan fingerprint density at radius 2 is 2.20 bits per heavy atom. The lowest BCUT2D eigenvalue weighted by atomic mass is 10.1. The Bertz CT molecular complexity index is 510. The van der Waals surface area contributed by atoms with Crippen molar-refractivity contribution in [1.82, 2.24) is 5.16 Å². The van der Waals surface area contributed by atoms with E-state index in [1.165, 1.54) is 12.1 Å². The van der Waals surface area contributed by atoms with E-state index in [4.69, 9.17) is 21.9 Å². The maximum Gasteiger partial charge on any atom is 0.188 e. The Hall–Kier alpha value is -1.55. The minimum atomic E-state index is -0.360. The van der Waals surface area contributed by atoms with Gasteiger partial charge in [-0.25, -0.2) is 4.39 Å². The van der Waals surface area contributed by atoms with Crippen LogP contribution in [0.5, 0.6) is 0 Å². The van der Waals surface area contributed by atoms with E-state index in [-0.39, 0.29) is 16.7 Å². The number of hydrogen-bond acceptors (Lipinski definition) is 3. The van der Waals surface area contributed by atoms with Crippen LogP contribution in [0, 0.1) is 12.7 Å². The molecule has 0 spiro atoms. The van der Waals surface area contributed by atoms with Gasteiger partial charge >= 0.3 is 0 Å². The fourth-order valence-corrected chi connectivity index (χ4v) is 1.47. The Balaban J connectivity index is 2.63. The molecule has 0 bridgehead atoms. The zero-order valence-electron chi connectivity index (χ0n) is 7.92. The summed E-state index contributed by atoms with van der Waals surface area (Å²) in [7, 11) is 0. The van der Waals surface area contributed by atoms with Crippen molar-refractivity contribution in [2.75, 3.05) is 5.73 Å². The quantitative estimate of drug-likeness (QED) is 0.813. The van der Waals surface area contributed by atoms with E-state index in [9.17, 15) is 4.39 Å². The van der Waals surface area contributed by atoms with Gasteiger partial charge in [0.25, 0.3) is 0 Å². The molecule has 2 rings (SSSR count). The molecule has 1 heterocycles. The van der Waals surface area contributed by atoms with Gasteiger partial charge in [-0.05, 0) is 24.6 Å². The lowest BCUT2D eigenvalue weighted by molar-refractivity contribution is 0.435. The zero-order chi connectivity index (χ0) is 11.0. The van der Waals surface area contributed by atoms with Gasteiger partial charge in [-0.2, -0.15) is 0 Å². The highest BCUT2D eigenvalue weighted by Gasteiger charge is 2.15. The average molecular weight is 227 g/mol. The molecule has 1 aromatic heterocycles. The summed E-state index contributed by atoms with van der Waals surface area (Å²) in [5.74, 6) is 0.0446. The highest BCUT2D eigenvalue weighted by molar-refractivity contribution is 6.35. The van der Waals surface area contributed by atoms with Gasteiger partial charge in [0.2, 0.25) is 0 Å². The number of benzene rings is 1. The van der Waals surface area contributed by atoms with E-state index in [1.807, 2.05) is 6.92 Å². The smallest absolute Gasteiger partial charge is 0.188 e. The van der Waals surface area contributed by atoms with Gasteiger partial charge in [-0.3, -0.25) is 0 Å². The molecule has 0 fully saturated rings. The van der Waals surface area contributed by atoms with Gasteiger partial charge in [0.1, 0.15) is 10.8 Å². The van der Waals surface area contributed by atoms with Gasteiger partial charge in [-0.1, -0.05) is 22.8 Å². The van der Waals surface area contributed by atoms with Crippen molar-refractivity contribution in [3.63, 3.8) is 0 Å². The molecule has 3 nitrogen and oxygen atoms in total. The summed E-state index contributed by atoms with van der Waals surface area (Å²) < 4.78 is 18.0. The van der Waals surface area contributed by atoms with Gasteiger partial charge in [0.15, 0.2) is 11.6 Å². The van der Waals surface area contributed by atoms with Crippen LogP contribution < -0.4 is 5.73 Å². The molecule has 0 aliphatic carbocycles. The molecular weight excluding hydrogens is 219 g/mol. The Morgan fingerprint density at radius 1 is 1.47 bits per heavy atom. The predicted molar refractivity (Wildman–Crippen MR) is 56.1 cm³/mol. The molecule has 0 aliphatic rings. The van der Waals surface area contributed by atoms with Crippen LogP contribution in [0.25, 0.3) is 11.3 Å². The number of hydrogen-bond donors (Lipinski definition) is 1. The maximum atomic E-state index is 13.0. The summed E-state index contributed by atoms with van der Waals surface area (Å²) in [6.45, 7) is 1.82. The summed E-state index contributed by atoms with van der Waals surface area (Å²) in [4.78, 5) is 0. The van der Waals surface area contributed by atoms with Crippen molar-refractivity contribution in [2.45, 2.75) is 6.92 Å². The van der Waals surface area contributed by atoms with Crippen LogP contribution in [-0.4, -0.2) is 5.16 Å². The summed E-state index contributed by atoms with van der Waals surface area (Å²) in [6.07, 6.45) is 0. The Kier molecular flexibility index (Phi) is 2.36. The van der Waals surface area contributed by atoms with E-state index in [2.05, 4.69) is 5.16 Å².